The molecule has 0 saturated carbocycles. The fraction of sp³-hybridized carbons (Fsp3) is 0.417. The first-order chi connectivity index (χ1) is 6.94. The zero-order chi connectivity index (χ0) is 11.5. The number of nitrogens with zero attached hydrogens (tertiary/aromatic N) is 1. The number of nitrogens with one attached hydrogen (secondary N) is 1. The molecule has 0 heterocycles. The summed E-state index contributed by atoms with van der Waals surface area (Å²) in [5.74, 6) is 0. The second-order valence-corrected chi connectivity index (χ2v) is 4.79. The van der Waals surface area contributed by atoms with Crippen molar-refractivity contribution < 1.29 is 0 Å². The van der Waals surface area contributed by atoms with Crippen molar-refractivity contribution in [2.24, 2.45) is 5.41 Å². The molecular weight excluding hydrogens is 186 g/mol. The van der Waals surface area contributed by atoms with Gasteiger partial charge in [-0.05, 0) is 17.5 Å². The lowest BCUT2D eigenvalue weighted by Gasteiger charge is -2.20. The highest BCUT2D eigenvalue weighted by Crippen LogP contribution is 2.23. The van der Waals surface area contributed by atoms with Crippen molar-refractivity contribution in [2.45, 2.75) is 20.8 Å². The summed E-state index contributed by atoms with van der Waals surface area (Å²) in [6, 6.07) is 7.51. The molecule has 1 aromatic rings. The fourth-order valence-electron chi connectivity index (χ4n) is 1.18. The molecular formula is C12H17N3. The molecule has 3 nitrogen and oxygen atoms in total. The smallest absolute Gasteiger partial charge is 0.101 e. The number of rotatable bonds is 2. The fourth-order valence-corrected chi connectivity index (χ4v) is 1.18. The van der Waals surface area contributed by atoms with Crippen LogP contribution in [0.1, 0.15) is 26.3 Å². The summed E-state index contributed by atoms with van der Waals surface area (Å²) in [4.78, 5) is 0. The summed E-state index contributed by atoms with van der Waals surface area (Å²) in [6.07, 6.45) is 0. The molecule has 0 aliphatic heterocycles. The van der Waals surface area contributed by atoms with E-state index in [0.717, 1.165) is 12.2 Å². The molecule has 0 spiro atoms. The van der Waals surface area contributed by atoms with Gasteiger partial charge in [0.05, 0.1) is 16.9 Å². The van der Waals surface area contributed by atoms with Crippen molar-refractivity contribution >= 4 is 11.4 Å². The number of hydrogen-bond donors (Lipinski definition) is 2. The van der Waals surface area contributed by atoms with Gasteiger partial charge in [0.2, 0.25) is 0 Å². The number of anilines is 2. The van der Waals surface area contributed by atoms with Gasteiger partial charge in [-0.15, -0.1) is 0 Å². The van der Waals surface area contributed by atoms with Crippen molar-refractivity contribution in [3.63, 3.8) is 0 Å². The normalized spacial score (nSPS) is 10.8. The van der Waals surface area contributed by atoms with Gasteiger partial charge in [0.1, 0.15) is 6.07 Å². The van der Waals surface area contributed by atoms with Gasteiger partial charge in [-0.1, -0.05) is 26.8 Å². The van der Waals surface area contributed by atoms with Crippen molar-refractivity contribution in [1.29, 1.82) is 5.26 Å². The van der Waals surface area contributed by atoms with E-state index in [9.17, 15) is 0 Å². The SMILES string of the molecule is CC(C)(C)CNc1cccc(C#N)c1N. The molecule has 0 unspecified atom stereocenters. The van der Waals surface area contributed by atoms with Crippen LogP contribution in [0.2, 0.25) is 0 Å². The summed E-state index contributed by atoms with van der Waals surface area (Å²) < 4.78 is 0. The van der Waals surface area contributed by atoms with E-state index in [1.54, 1.807) is 6.07 Å². The van der Waals surface area contributed by atoms with Crippen molar-refractivity contribution in [2.75, 3.05) is 17.6 Å². The van der Waals surface area contributed by atoms with Crippen molar-refractivity contribution in [3.05, 3.63) is 23.8 Å². The molecule has 1 aromatic carbocycles. The molecule has 0 atom stereocenters. The summed E-state index contributed by atoms with van der Waals surface area (Å²) in [7, 11) is 0. The maximum absolute atomic E-state index is 8.81. The maximum Gasteiger partial charge on any atom is 0.101 e. The Morgan fingerprint density at radius 3 is 2.60 bits per heavy atom. The van der Waals surface area contributed by atoms with Gasteiger partial charge >= 0.3 is 0 Å². The van der Waals surface area contributed by atoms with Gasteiger partial charge in [0.15, 0.2) is 0 Å². The second-order valence-electron chi connectivity index (χ2n) is 4.79. The highest BCUT2D eigenvalue weighted by Gasteiger charge is 2.11. The number of hydrogen-bond acceptors (Lipinski definition) is 3. The van der Waals surface area contributed by atoms with Gasteiger partial charge in [-0.3, -0.25) is 0 Å². The van der Waals surface area contributed by atoms with Crippen LogP contribution in [-0.2, 0) is 0 Å². The molecule has 15 heavy (non-hydrogen) atoms. The Morgan fingerprint density at radius 2 is 2.07 bits per heavy atom. The molecule has 3 N–H and O–H groups in total. The van der Waals surface area contributed by atoms with Crippen LogP contribution in [0.15, 0.2) is 18.2 Å². The lowest BCUT2D eigenvalue weighted by atomic mass is 9.97. The lowest BCUT2D eigenvalue weighted by molar-refractivity contribution is 0.443. The van der Waals surface area contributed by atoms with E-state index in [-0.39, 0.29) is 5.41 Å². The van der Waals surface area contributed by atoms with Gasteiger partial charge in [-0.25, -0.2) is 0 Å². The van der Waals surface area contributed by atoms with E-state index < -0.39 is 0 Å². The van der Waals surface area contributed by atoms with Crippen molar-refractivity contribution in [3.8, 4) is 6.07 Å². The van der Waals surface area contributed by atoms with E-state index in [4.69, 9.17) is 11.0 Å². The summed E-state index contributed by atoms with van der Waals surface area (Å²) in [6.45, 7) is 7.26. The number of benzene rings is 1. The van der Waals surface area contributed by atoms with Crippen LogP contribution < -0.4 is 11.1 Å². The Hall–Kier alpha value is -1.69. The zero-order valence-electron chi connectivity index (χ0n) is 9.46. The number of nitrogens with two attached hydrogens (primary N) is 1. The predicted octanol–water partition coefficient (Wildman–Crippen LogP) is 2.60. The van der Waals surface area contributed by atoms with E-state index in [0.29, 0.717) is 11.3 Å². The third-order valence-corrected chi connectivity index (χ3v) is 2.04. The first kappa shape index (κ1) is 11.4. The molecule has 0 aliphatic carbocycles. The molecule has 0 fully saturated rings. The van der Waals surface area contributed by atoms with Gasteiger partial charge < -0.3 is 11.1 Å². The average molecular weight is 203 g/mol. The molecule has 0 bridgehead atoms. The first-order valence-corrected chi connectivity index (χ1v) is 4.96. The Morgan fingerprint density at radius 1 is 1.40 bits per heavy atom. The third-order valence-electron chi connectivity index (χ3n) is 2.04. The van der Waals surface area contributed by atoms with E-state index >= 15 is 0 Å². The Bertz CT molecular complexity index is 383. The lowest BCUT2D eigenvalue weighted by Crippen LogP contribution is -2.19. The second kappa shape index (κ2) is 4.22. The van der Waals surface area contributed by atoms with Crippen molar-refractivity contribution in [1.82, 2.24) is 0 Å². The van der Waals surface area contributed by atoms with Crippen LogP contribution in [-0.4, -0.2) is 6.54 Å². The zero-order valence-corrected chi connectivity index (χ0v) is 9.46. The largest absolute Gasteiger partial charge is 0.396 e. The van der Waals surface area contributed by atoms with Crippen LogP contribution in [0.25, 0.3) is 0 Å². The minimum absolute atomic E-state index is 0.190. The molecule has 80 valence electrons. The molecule has 0 amide bonds. The summed E-state index contributed by atoms with van der Waals surface area (Å²) in [5, 5.41) is 12.1. The first-order valence-electron chi connectivity index (χ1n) is 4.96. The van der Waals surface area contributed by atoms with E-state index in [1.807, 2.05) is 12.1 Å². The molecule has 0 aliphatic rings. The molecule has 0 saturated heterocycles. The van der Waals surface area contributed by atoms with E-state index in [2.05, 4.69) is 32.2 Å². The third kappa shape index (κ3) is 3.17. The molecule has 1 rings (SSSR count). The van der Waals surface area contributed by atoms with Crippen LogP contribution in [0.5, 0.6) is 0 Å². The molecule has 3 heteroatoms. The van der Waals surface area contributed by atoms with Gasteiger partial charge in [-0.2, -0.15) is 5.26 Å². The number of nitrogen functional groups attached to an aromatic ring is 1. The molecule has 0 aromatic heterocycles. The predicted molar refractivity (Wildman–Crippen MR) is 63.5 cm³/mol. The Labute approximate surface area is 90.9 Å². The van der Waals surface area contributed by atoms with Gasteiger partial charge in [0.25, 0.3) is 0 Å². The monoisotopic (exact) mass is 203 g/mol. The highest BCUT2D eigenvalue weighted by atomic mass is 14.9. The number of para-hydroxylation sites is 1. The van der Waals surface area contributed by atoms with Crippen LogP contribution in [0.3, 0.4) is 0 Å². The topological polar surface area (TPSA) is 61.8 Å². The Kier molecular flexibility index (Phi) is 3.21. The Balaban J connectivity index is 2.83. The average Bonchev–Trinajstić information content (AvgIpc) is 2.15. The summed E-state index contributed by atoms with van der Waals surface area (Å²) in [5.41, 5.74) is 7.92. The quantitative estimate of drug-likeness (QED) is 0.726. The van der Waals surface area contributed by atoms with E-state index in [1.165, 1.54) is 0 Å². The molecule has 0 radical (unpaired) electrons. The highest BCUT2D eigenvalue weighted by molar-refractivity contribution is 5.72. The van der Waals surface area contributed by atoms with Crippen LogP contribution in [0, 0.1) is 16.7 Å². The minimum atomic E-state index is 0.190. The van der Waals surface area contributed by atoms with Crippen LogP contribution in [0.4, 0.5) is 11.4 Å². The van der Waals surface area contributed by atoms with Crippen LogP contribution >= 0.6 is 0 Å². The number of nitriles is 1. The minimum Gasteiger partial charge on any atom is -0.396 e. The maximum atomic E-state index is 8.81. The van der Waals surface area contributed by atoms with Gasteiger partial charge in [0, 0.05) is 6.54 Å². The summed E-state index contributed by atoms with van der Waals surface area (Å²) >= 11 is 0. The standard InChI is InChI=1S/C12H17N3/c1-12(2,3)8-15-10-6-4-5-9(7-13)11(10)14/h4-6,15H,8,14H2,1-3H3.